The van der Waals surface area contributed by atoms with Gasteiger partial charge in [-0.1, -0.05) is 5.16 Å². The van der Waals surface area contributed by atoms with Gasteiger partial charge in [-0.15, -0.1) is 0 Å². The number of piperidine rings is 1. The van der Waals surface area contributed by atoms with Gasteiger partial charge >= 0.3 is 0 Å². The molecule has 2 heterocycles. The highest BCUT2D eigenvalue weighted by molar-refractivity contribution is 5.81. The molecule has 0 aromatic carbocycles. The predicted octanol–water partition coefficient (Wildman–Crippen LogP) is -0.299. The summed E-state index contributed by atoms with van der Waals surface area (Å²) in [7, 11) is 0. The van der Waals surface area contributed by atoms with Crippen LogP contribution in [0.3, 0.4) is 0 Å². The smallest absolute Gasteiger partial charge is 0.153 e. The van der Waals surface area contributed by atoms with E-state index in [-0.39, 0.29) is 0 Å². The number of hydrogen-bond donors (Lipinski definition) is 2. The third-order valence-corrected chi connectivity index (χ3v) is 3.15. The largest absolute Gasteiger partial charge is 0.409 e. The maximum absolute atomic E-state index is 8.46. The molecule has 2 atom stereocenters. The van der Waals surface area contributed by atoms with Crippen molar-refractivity contribution < 1.29 is 9.94 Å². The van der Waals surface area contributed by atoms with E-state index in [1.165, 1.54) is 6.42 Å². The molecule has 0 unspecified atom stereocenters. The Morgan fingerprint density at radius 3 is 3.07 bits per heavy atom. The number of fused-ring (bicyclic) bond motifs is 1. The summed E-state index contributed by atoms with van der Waals surface area (Å²) in [6.45, 7) is 4.40. The van der Waals surface area contributed by atoms with Crippen molar-refractivity contribution in [1.29, 1.82) is 0 Å². The van der Waals surface area contributed by atoms with E-state index in [1.54, 1.807) is 0 Å². The predicted molar refractivity (Wildman–Crippen MR) is 52.3 cm³/mol. The fourth-order valence-electron chi connectivity index (χ4n) is 2.34. The van der Waals surface area contributed by atoms with Crippen LogP contribution < -0.4 is 5.73 Å². The van der Waals surface area contributed by atoms with Crippen LogP contribution >= 0.6 is 0 Å². The first kappa shape index (κ1) is 9.73. The van der Waals surface area contributed by atoms with Crippen LogP contribution in [0, 0.1) is 11.8 Å². The SMILES string of the molecule is NC(CN1CC[C@@H]2COC[C@H]2C1)=NO. The summed E-state index contributed by atoms with van der Waals surface area (Å²) in [6, 6.07) is 0. The Bertz CT molecular complexity index is 232. The van der Waals surface area contributed by atoms with Crippen LogP contribution in [0.2, 0.25) is 0 Å². The molecule has 0 aromatic rings. The number of nitrogens with two attached hydrogens (primary N) is 1. The fraction of sp³-hybridized carbons (Fsp3) is 0.889. The van der Waals surface area contributed by atoms with Crippen molar-refractivity contribution in [3.05, 3.63) is 0 Å². The Morgan fingerprint density at radius 2 is 2.29 bits per heavy atom. The fourth-order valence-corrected chi connectivity index (χ4v) is 2.34. The van der Waals surface area contributed by atoms with Gasteiger partial charge < -0.3 is 15.7 Å². The quantitative estimate of drug-likeness (QED) is 0.277. The average Bonchev–Trinajstić information content (AvgIpc) is 2.64. The molecule has 0 radical (unpaired) electrons. The number of ether oxygens (including phenoxy) is 1. The zero-order valence-corrected chi connectivity index (χ0v) is 8.22. The van der Waals surface area contributed by atoms with Gasteiger partial charge in [-0.05, 0) is 18.9 Å². The van der Waals surface area contributed by atoms with Crippen molar-refractivity contribution in [3.8, 4) is 0 Å². The lowest BCUT2D eigenvalue weighted by Crippen LogP contribution is -2.43. The second-order valence-electron chi connectivity index (χ2n) is 4.17. The molecule has 2 aliphatic heterocycles. The second kappa shape index (κ2) is 4.14. The van der Waals surface area contributed by atoms with Crippen LogP contribution in [0.4, 0.5) is 0 Å². The molecule has 14 heavy (non-hydrogen) atoms. The number of amidine groups is 1. The zero-order chi connectivity index (χ0) is 9.97. The first-order valence-electron chi connectivity index (χ1n) is 5.06. The van der Waals surface area contributed by atoms with Gasteiger partial charge in [-0.3, -0.25) is 4.90 Å². The van der Waals surface area contributed by atoms with E-state index in [0.717, 1.165) is 32.2 Å². The van der Waals surface area contributed by atoms with Gasteiger partial charge in [0.15, 0.2) is 5.84 Å². The molecule has 2 fully saturated rings. The van der Waals surface area contributed by atoms with E-state index in [9.17, 15) is 0 Å². The molecule has 0 aromatic heterocycles. The Labute approximate surface area is 83.5 Å². The minimum absolute atomic E-state index is 0.294. The van der Waals surface area contributed by atoms with Gasteiger partial charge in [0.1, 0.15) is 0 Å². The number of hydrogen-bond acceptors (Lipinski definition) is 4. The van der Waals surface area contributed by atoms with Crippen LogP contribution in [0.1, 0.15) is 6.42 Å². The van der Waals surface area contributed by atoms with Crippen LogP contribution in [0.25, 0.3) is 0 Å². The standard InChI is InChI=1S/C9H17N3O2/c10-9(11-13)4-12-2-1-7-5-14-6-8(7)3-12/h7-8,13H,1-6H2,(H2,10,11)/t7-,8-/m1/s1. The molecule has 0 aliphatic carbocycles. The third-order valence-electron chi connectivity index (χ3n) is 3.15. The van der Waals surface area contributed by atoms with Crippen molar-refractivity contribution in [3.63, 3.8) is 0 Å². The number of likely N-dealkylation sites (tertiary alicyclic amines) is 1. The molecule has 0 spiro atoms. The van der Waals surface area contributed by atoms with E-state index in [1.807, 2.05) is 0 Å². The van der Waals surface area contributed by atoms with Gasteiger partial charge in [0.25, 0.3) is 0 Å². The zero-order valence-electron chi connectivity index (χ0n) is 8.22. The molecule has 0 bridgehead atoms. The Kier molecular flexibility index (Phi) is 2.88. The Balaban J connectivity index is 1.85. The van der Waals surface area contributed by atoms with Crippen molar-refractivity contribution in [2.45, 2.75) is 6.42 Å². The van der Waals surface area contributed by atoms with Crippen molar-refractivity contribution in [2.24, 2.45) is 22.7 Å². The lowest BCUT2D eigenvalue weighted by atomic mass is 9.89. The van der Waals surface area contributed by atoms with E-state index in [2.05, 4.69) is 10.1 Å². The molecule has 80 valence electrons. The highest BCUT2D eigenvalue weighted by Crippen LogP contribution is 2.28. The minimum atomic E-state index is 0.294. The van der Waals surface area contributed by atoms with E-state index < -0.39 is 0 Å². The van der Waals surface area contributed by atoms with Gasteiger partial charge in [0, 0.05) is 19.1 Å². The van der Waals surface area contributed by atoms with Gasteiger partial charge in [-0.25, -0.2) is 0 Å². The number of nitrogens with zero attached hydrogens (tertiary/aromatic N) is 2. The topological polar surface area (TPSA) is 71.1 Å². The van der Waals surface area contributed by atoms with E-state index >= 15 is 0 Å². The van der Waals surface area contributed by atoms with Crippen LogP contribution in [0.5, 0.6) is 0 Å². The monoisotopic (exact) mass is 199 g/mol. The third kappa shape index (κ3) is 1.99. The molecule has 5 heteroatoms. The van der Waals surface area contributed by atoms with Crippen molar-refractivity contribution >= 4 is 5.84 Å². The number of rotatable bonds is 2. The summed E-state index contributed by atoms with van der Waals surface area (Å²) >= 11 is 0. The molecule has 0 saturated carbocycles. The van der Waals surface area contributed by atoms with Crippen molar-refractivity contribution in [1.82, 2.24) is 4.90 Å². The van der Waals surface area contributed by atoms with Crippen LogP contribution in [-0.4, -0.2) is 48.8 Å². The first-order chi connectivity index (χ1) is 6.79. The normalized spacial score (nSPS) is 34.4. The molecule has 3 N–H and O–H groups in total. The molecule has 2 saturated heterocycles. The molecular formula is C9H17N3O2. The highest BCUT2D eigenvalue weighted by atomic mass is 16.5. The van der Waals surface area contributed by atoms with E-state index in [0.29, 0.717) is 18.3 Å². The van der Waals surface area contributed by atoms with Gasteiger partial charge in [0.2, 0.25) is 0 Å². The maximum atomic E-state index is 8.46. The maximum Gasteiger partial charge on any atom is 0.153 e. The molecule has 2 aliphatic rings. The molecular weight excluding hydrogens is 182 g/mol. The Morgan fingerprint density at radius 1 is 1.50 bits per heavy atom. The molecule has 0 amide bonds. The number of oxime groups is 1. The lowest BCUT2D eigenvalue weighted by Gasteiger charge is -2.33. The minimum Gasteiger partial charge on any atom is -0.409 e. The summed E-state index contributed by atoms with van der Waals surface area (Å²) in [4.78, 5) is 2.23. The average molecular weight is 199 g/mol. The summed E-state index contributed by atoms with van der Waals surface area (Å²) in [6.07, 6.45) is 1.17. The molecule has 2 rings (SSSR count). The second-order valence-corrected chi connectivity index (χ2v) is 4.17. The molecule has 5 nitrogen and oxygen atoms in total. The van der Waals surface area contributed by atoms with Crippen molar-refractivity contribution in [2.75, 3.05) is 32.8 Å². The Hall–Kier alpha value is -0.810. The summed E-state index contributed by atoms with van der Waals surface area (Å²) < 4.78 is 5.43. The van der Waals surface area contributed by atoms with Crippen LogP contribution in [-0.2, 0) is 4.74 Å². The first-order valence-corrected chi connectivity index (χ1v) is 5.06. The highest BCUT2D eigenvalue weighted by Gasteiger charge is 2.33. The lowest BCUT2D eigenvalue weighted by molar-refractivity contribution is 0.162. The summed E-state index contributed by atoms with van der Waals surface area (Å²) in [5.41, 5.74) is 5.47. The van der Waals surface area contributed by atoms with E-state index in [4.69, 9.17) is 15.7 Å². The van der Waals surface area contributed by atoms with Gasteiger partial charge in [-0.2, -0.15) is 0 Å². The summed E-state index contributed by atoms with van der Waals surface area (Å²) in [5, 5.41) is 11.5. The summed E-state index contributed by atoms with van der Waals surface area (Å²) in [5.74, 6) is 1.68. The van der Waals surface area contributed by atoms with Crippen LogP contribution in [0.15, 0.2) is 5.16 Å². The van der Waals surface area contributed by atoms with Gasteiger partial charge in [0.05, 0.1) is 13.2 Å².